The van der Waals surface area contributed by atoms with Crippen molar-refractivity contribution in [2.75, 3.05) is 0 Å². The van der Waals surface area contributed by atoms with Gasteiger partial charge in [-0.1, -0.05) is 30.9 Å². The molecule has 18 heavy (non-hydrogen) atoms. The zero-order chi connectivity index (χ0) is 12.8. The van der Waals surface area contributed by atoms with E-state index in [2.05, 4.69) is 6.92 Å². The third-order valence-electron chi connectivity index (χ3n) is 4.32. The molecule has 0 spiro atoms. The van der Waals surface area contributed by atoms with Crippen LogP contribution in [0.25, 0.3) is 0 Å². The molecule has 0 amide bonds. The van der Waals surface area contributed by atoms with E-state index in [0.29, 0.717) is 0 Å². The summed E-state index contributed by atoms with van der Waals surface area (Å²) in [5.41, 5.74) is 7.23. The lowest BCUT2D eigenvalue weighted by Crippen LogP contribution is -2.42. The van der Waals surface area contributed by atoms with Gasteiger partial charge in [-0.05, 0) is 37.5 Å². The van der Waals surface area contributed by atoms with E-state index >= 15 is 0 Å². The number of halogens is 1. The van der Waals surface area contributed by atoms with Gasteiger partial charge in [-0.15, -0.1) is 0 Å². The maximum absolute atomic E-state index is 6.29. The van der Waals surface area contributed by atoms with E-state index < -0.39 is 0 Å². The molecule has 0 aromatic heterocycles. The van der Waals surface area contributed by atoms with E-state index in [-0.39, 0.29) is 11.6 Å². The summed E-state index contributed by atoms with van der Waals surface area (Å²) in [7, 11) is 0. The van der Waals surface area contributed by atoms with Crippen molar-refractivity contribution < 1.29 is 4.74 Å². The Hall–Kier alpha value is -0.730. The quantitative estimate of drug-likeness (QED) is 0.875. The highest BCUT2D eigenvalue weighted by atomic mass is 35.5. The van der Waals surface area contributed by atoms with Crippen LogP contribution in [-0.4, -0.2) is 5.60 Å². The van der Waals surface area contributed by atoms with Crippen LogP contribution in [0.15, 0.2) is 18.2 Å². The lowest BCUT2D eigenvalue weighted by molar-refractivity contribution is 0.0171. The van der Waals surface area contributed by atoms with Crippen molar-refractivity contribution in [2.24, 2.45) is 11.7 Å². The summed E-state index contributed by atoms with van der Waals surface area (Å²) < 4.78 is 6.21. The Morgan fingerprint density at radius 2 is 2.22 bits per heavy atom. The van der Waals surface area contributed by atoms with Crippen molar-refractivity contribution in [3.8, 4) is 5.75 Å². The molecule has 2 atom stereocenters. The molecule has 2 aliphatic rings. The van der Waals surface area contributed by atoms with Gasteiger partial charge >= 0.3 is 0 Å². The SMILES string of the molecule is CC1(CC2CCC2)CC(N)c2cc(Cl)ccc2O1. The summed E-state index contributed by atoms with van der Waals surface area (Å²) in [4.78, 5) is 0. The number of rotatable bonds is 2. The maximum Gasteiger partial charge on any atom is 0.125 e. The van der Waals surface area contributed by atoms with Crippen molar-refractivity contribution in [1.82, 2.24) is 0 Å². The normalized spacial score (nSPS) is 31.4. The number of hydrogen-bond donors (Lipinski definition) is 1. The van der Waals surface area contributed by atoms with Gasteiger partial charge < -0.3 is 10.5 Å². The molecule has 1 aliphatic heterocycles. The zero-order valence-corrected chi connectivity index (χ0v) is 11.5. The highest BCUT2D eigenvalue weighted by Gasteiger charge is 2.38. The molecule has 2 unspecified atom stereocenters. The van der Waals surface area contributed by atoms with Gasteiger partial charge in [-0.25, -0.2) is 0 Å². The number of nitrogens with two attached hydrogens (primary N) is 1. The lowest BCUT2D eigenvalue weighted by atomic mass is 9.74. The first kappa shape index (κ1) is 12.3. The number of fused-ring (bicyclic) bond motifs is 1. The van der Waals surface area contributed by atoms with Crippen molar-refractivity contribution in [3.63, 3.8) is 0 Å². The van der Waals surface area contributed by atoms with Gasteiger partial charge in [0.25, 0.3) is 0 Å². The van der Waals surface area contributed by atoms with Crippen LogP contribution in [0.3, 0.4) is 0 Å². The molecule has 2 N–H and O–H groups in total. The first-order chi connectivity index (χ1) is 8.56. The monoisotopic (exact) mass is 265 g/mol. The number of benzene rings is 1. The third-order valence-corrected chi connectivity index (χ3v) is 4.56. The molecule has 1 heterocycles. The fourth-order valence-corrected chi connectivity index (χ4v) is 3.40. The van der Waals surface area contributed by atoms with Gasteiger partial charge in [-0.3, -0.25) is 0 Å². The van der Waals surface area contributed by atoms with E-state index in [1.54, 1.807) is 0 Å². The van der Waals surface area contributed by atoms with Gasteiger partial charge in [-0.2, -0.15) is 0 Å². The van der Waals surface area contributed by atoms with E-state index in [1.807, 2.05) is 18.2 Å². The predicted octanol–water partition coefficient (Wildman–Crippen LogP) is 4.07. The fourth-order valence-electron chi connectivity index (χ4n) is 3.22. The van der Waals surface area contributed by atoms with Crippen LogP contribution < -0.4 is 10.5 Å². The van der Waals surface area contributed by atoms with Gasteiger partial charge in [0.1, 0.15) is 11.4 Å². The Morgan fingerprint density at radius 3 is 2.89 bits per heavy atom. The summed E-state index contributed by atoms with van der Waals surface area (Å²) in [6, 6.07) is 5.81. The molecular formula is C15H20ClNO. The van der Waals surface area contributed by atoms with E-state index in [4.69, 9.17) is 22.1 Å². The molecule has 1 saturated carbocycles. The molecule has 3 rings (SSSR count). The molecule has 0 bridgehead atoms. The van der Waals surface area contributed by atoms with Crippen molar-refractivity contribution in [2.45, 2.75) is 50.7 Å². The Kier molecular flexibility index (Phi) is 3.03. The molecule has 1 fully saturated rings. The summed E-state index contributed by atoms with van der Waals surface area (Å²) in [6.07, 6.45) is 6.09. The predicted molar refractivity (Wildman–Crippen MR) is 74.0 cm³/mol. The minimum atomic E-state index is -0.106. The highest BCUT2D eigenvalue weighted by Crippen LogP contribution is 2.44. The lowest BCUT2D eigenvalue weighted by Gasteiger charge is -2.42. The number of hydrogen-bond acceptors (Lipinski definition) is 2. The topological polar surface area (TPSA) is 35.2 Å². The van der Waals surface area contributed by atoms with E-state index in [1.165, 1.54) is 19.3 Å². The minimum Gasteiger partial charge on any atom is -0.487 e. The minimum absolute atomic E-state index is 0.0394. The summed E-state index contributed by atoms with van der Waals surface area (Å²) >= 11 is 6.02. The highest BCUT2D eigenvalue weighted by molar-refractivity contribution is 6.30. The van der Waals surface area contributed by atoms with Crippen LogP contribution in [0, 0.1) is 5.92 Å². The Labute approximate surface area is 113 Å². The molecule has 98 valence electrons. The summed E-state index contributed by atoms with van der Waals surface area (Å²) in [5.74, 6) is 1.75. The molecule has 0 saturated heterocycles. The first-order valence-electron chi connectivity index (χ1n) is 6.80. The molecule has 1 aliphatic carbocycles. The average molecular weight is 266 g/mol. The van der Waals surface area contributed by atoms with E-state index in [0.717, 1.165) is 35.1 Å². The second-order valence-corrected chi connectivity index (χ2v) is 6.48. The molecule has 2 nitrogen and oxygen atoms in total. The smallest absolute Gasteiger partial charge is 0.125 e. The third kappa shape index (κ3) is 2.24. The molecule has 0 radical (unpaired) electrons. The Balaban J connectivity index is 1.83. The average Bonchev–Trinajstić information content (AvgIpc) is 2.25. The summed E-state index contributed by atoms with van der Waals surface area (Å²) in [5, 5.41) is 0.732. The first-order valence-corrected chi connectivity index (χ1v) is 7.18. The van der Waals surface area contributed by atoms with Crippen LogP contribution in [0.2, 0.25) is 5.02 Å². The van der Waals surface area contributed by atoms with Crippen LogP contribution in [0.4, 0.5) is 0 Å². The Morgan fingerprint density at radius 1 is 1.44 bits per heavy atom. The molecular weight excluding hydrogens is 246 g/mol. The maximum atomic E-state index is 6.29. The second kappa shape index (κ2) is 4.43. The Bertz CT molecular complexity index is 458. The van der Waals surface area contributed by atoms with E-state index in [9.17, 15) is 0 Å². The zero-order valence-electron chi connectivity index (χ0n) is 10.8. The van der Waals surface area contributed by atoms with Gasteiger partial charge in [0.05, 0.1) is 0 Å². The van der Waals surface area contributed by atoms with Crippen LogP contribution >= 0.6 is 11.6 Å². The second-order valence-electron chi connectivity index (χ2n) is 6.05. The standard InChI is InChI=1S/C15H20ClNO/c1-15(8-10-3-2-4-10)9-13(17)12-7-11(16)5-6-14(12)18-15/h5-7,10,13H,2-4,8-9,17H2,1H3. The van der Waals surface area contributed by atoms with Crippen molar-refractivity contribution in [3.05, 3.63) is 28.8 Å². The largest absolute Gasteiger partial charge is 0.487 e. The molecule has 1 aromatic carbocycles. The van der Waals surface area contributed by atoms with Crippen LogP contribution in [0.1, 0.15) is 50.6 Å². The van der Waals surface area contributed by atoms with Crippen molar-refractivity contribution in [1.29, 1.82) is 0 Å². The molecule has 1 aromatic rings. The van der Waals surface area contributed by atoms with Crippen molar-refractivity contribution >= 4 is 11.6 Å². The summed E-state index contributed by atoms with van der Waals surface area (Å²) in [6.45, 7) is 2.20. The van der Waals surface area contributed by atoms with Gasteiger partial charge in [0, 0.05) is 23.0 Å². The van der Waals surface area contributed by atoms with Gasteiger partial charge in [0.2, 0.25) is 0 Å². The number of ether oxygens (including phenoxy) is 1. The molecule has 3 heteroatoms. The van der Waals surface area contributed by atoms with Crippen LogP contribution in [0.5, 0.6) is 5.75 Å². The fraction of sp³-hybridized carbons (Fsp3) is 0.600. The van der Waals surface area contributed by atoms with Gasteiger partial charge in [0.15, 0.2) is 0 Å². The van der Waals surface area contributed by atoms with Crippen LogP contribution in [-0.2, 0) is 0 Å².